The third kappa shape index (κ3) is 2.82. The molecule has 3 heteroatoms. The van der Waals surface area contributed by atoms with Crippen LogP contribution in [0.3, 0.4) is 0 Å². The van der Waals surface area contributed by atoms with Gasteiger partial charge in [-0.3, -0.25) is 0 Å². The van der Waals surface area contributed by atoms with Gasteiger partial charge in [0.2, 0.25) is 0 Å². The molecule has 0 fully saturated rings. The Morgan fingerprint density at radius 2 is 1.88 bits per heavy atom. The lowest BCUT2D eigenvalue weighted by atomic mass is 10.1. The lowest BCUT2D eigenvalue weighted by molar-refractivity contribution is 0.300. The van der Waals surface area contributed by atoms with Crippen molar-refractivity contribution in [1.82, 2.24) is 0 Å². The molecular formula is C14H10FNO. The van der Waals surface area contributed by atoms with E-state index in [1.165, 1.54) is 18.2 Å². The fourth-order valence-electron chi connectivity index (χ4n) is 1.43. The summed E-state index contributed by atoms with van der Waals surface area (Å²) in [5.74, 6) is 0.314. The zero-order chi connectivity index (χ0) is 12.1. The molecular weight excluding hydrogens is 217 g/mol. The summed E-state index contributed by atoms with van der Waals surface area (Å²) in [6, 6.07) is 15.4. The number of benzene rings is 2. The van der Waals surface area contributed by atoms with E-state index >= 15 is 0 Å². The van der Waals surface area contributed by atoms with Crippen LogP contribution in [0.15, 0.2) is 48.5 Å². The Bertz CT molecular complexity index is 546. The molecule has 2 rings (SSSR count). The topological polar surface area (TPSA) is 33.0 Å². The number of halogens is 1. The van der Waals surface area contributed by atoms with Crippen molar-refractivity contribution in [2.75, 3.05) is 0 Å². The van der Waals surface area contributed by atoms with Gasteiger partial charge in [0.25, 0.3) is 0 Å². The van der Waals surface area contributed by atoms with Gasteiger partial charge in [-0.15, -0.1) is 0 Å². The average molecular weight is 227 g/mol. The molecule has 0 aliphatic rings. The van der Waals surface area contributed by atoms with Crippen molar-refractivity contribution in [3.63, 3.8) is 0 Å². The van der Waals surface area contributed by atoms with Crippen LogP contribution in [0.25, 0.3) is 0 Å². The van der Waals surface area contributed by atoms with E-state index in [1.807, 2.05) is 24.3 Å². The zero-order valence-corrected chi connectivity index (χ0v) is 9.06. The van der Waals surface area contributed by atoms with E-state index in [9.17, 15) is 4.39 Å². The molecule has 2 aromatic carbocycles. The number of ether oxygens (including phenoxy) is 1. The van der Waals surface area contributed by atoms with Gasteiger partial charge in [-0.25, -0.2) is 4.39 Å². The molecule has 0 radical (unpaired) electrons. The molecule has 0 aliphatic heterocycles. The number of para-hydroxylation sites is 1. The normalized spacial score (nSPS) is 9.65. The van der Waals surface area contributed by atoms with Gasteiger partial charge < -0.3 is 4.74 Å². The van der Waals surface area contributed by atoms with Crippen LogP contribution in [0.2, 0.25) is 0 Å². The first kappa shape index (κ1) is 11.2. The fourth-order valence-corrected chi connectivity index (χ4v) is 1.43. The van der Waals surface area contributed by atoms with Crippen LogP contribution in [0.5, 0.6) is 5.75 Å². The molecule has 0 saturated carbocycles. The molecule has 0 bridgehead atoms. The van der Waals surface area contributed by atoms with Crippen LogP contribution < -0.4 is 4.74 Å². The molecule has 0 unspecified atom stereocenters. The van der Waals surface area contributed by atoms with Gasteiger partial charge in [0, 0.05) is 5.56 Å². The number of hydrogen-bond donors (Lipinski definition) is 0. The van der Waals surface area contributed by atoms with Crippen LogP contribution in [-0.2, 0) is 6.61 Å². The monoisotopic (exact) mass is 227 g/mol. The lowest BCUT2D eigenvalue weighted by Crippen LogP contribution is -1.99. The number of nitriles is 1. The Hall–Kier alpha value is -2.34. The summed E-state index contributed by atoms with van der Waals surface area (Å²) in [5.41, 5.74) is 0.811. The first-order valence-electron chi connectivity index (χ1n) is 5.16. The van der Waals surface area contributed by atoms with Crippen molar-refractivity contribution in [3.8, 4) is 11.8 Å². The SMILES string of the molecule is N#Cc1ccc(F)c(COc2ccccc2)c1. The van der Waals surface area contributed by atoms with Gasteiger partial charge in [0.15, 0.2) is 0 Å². The molecule has 84 valence electrons. The minimum absolute atomic E-state index is 0.116. The highest BCUT2D eigenvalue weighted by Gasteiger charge is 2.04. The van der Waals surface area contributed by atoms with E-state index in [0.717, 1.165) is 0 Å². The third-order valence-electron chi connectivity index (χ3n) is 2.31. The quantitative estimate of drug-likeness (QED) is 0.806. The van der Waals surface area contributed by atoms with Gasteiger partial charge in [-0.05, 0) is 30.3 Å². The molecule has 0 aliphatic carbocycles. The van der Waals surface area contributed by atoms with Crippen molar-refractivity contribution in [2.24, 2.45) is 0 Å². The van der Waals surface area contributed by atoms with Crippen molar-refractivity contribution < 1.29 is 9.13 Å². The van der Waals surface area contributed by atoms with E-state index in [2.05, 4.69) is 0 Å². The number of nitrogens with zero attached hydrogens (tertiary/aromatic N) is 1. The van der Waals surface area contributed by atoms with Crippen LogP contribution in [0.4, 0.5) is 4.39 Å². The van der Waals surface area contributed by atoms with E-state index in [0.29, 0.717) is 16.9 Å². The minimum Gasteiger partial charge on any atom is -0.489 e. The summed E-state index contributed by atoms with van der Waals surface area (Å²) in [4.78, 5) is 0. The summed E-state index contributed by atoms with van der Waals surface area (Å²) in [6.07, 6.45) is 0. The molecule has 0 atom stereocenters. The summed E-state index contributed by atoms with van der Waals surface area (Å²) < 4.78 is 18.8. The van der Waals surface area contributed by atoms with Crippen molar-refractivity contribution >= 4 is 0 Å². The Morgan fingerprint density at radius 3 is 2.59 bits per heavy atom. The van der Waals surface area contributed by atoms with Gasteiger partial charge in [0.1, 0.15) is 18.2 Å². The highest BCUT2D eigenvalue weighted by molar-refractivity contribution is 5.33. The Morgan fingerprint density at radius 1 is 1.12 bits per heavy atom. The molecule has 0 aromatic heterocycles. The van der Waals surface area contributed by atoms with E-state index in [1.54, 1.807) is 12.1 Å². The van der Waals surface area contributed by atoms with Crippen LogP contribution in [0, 0.1) is 17.1 Å². The van der Waals surface area contributed by atoms with Gasteiger partial charge in [-0.2, -0.15) is 5.26 Å². The first-order chi connectivity index (χ1) is 8.29. The van der Waals surface area contributed by atoms with Crippen molar-refractivity contribution in [1.29, 1.82) is 5.26 Å². The van der Waals surface area contributed by atoms with E-state index < -0.39 is 0 Å². The largest absolute Gasteiger partial charge is 0.489 e. The predicted molar refractivity (Wildman–Crippen MR) is 61.9 cm³/mol. The van der Waals surface area contributed by atoms with Crippen LogP contribution in [-0.4, -0.2) is 0 Å². The molecule has 2 nitrogen and oxygen atoms in total. The number of rotatable bonds is 3. The Balaban J connectivity index is 2.12. The fraction of sp³-hybridized carbons (Fsp3) is 0.0714. The second-order valence-electron chi connectivity index (χ2n) is 3.52. The van der Waals surface area contributed by atoms with Crippen molar-refractivity contribution in [3.05, 3.63) is 65.5 Å². The Kier molecular flexibility index (Phi) is 3.37. The van der Waals surface area contributed by atoms with Gasteiger partial charge in [0.05, 0.1) is 11.6 Å². The maximum absolute atomic E-state index is 13.4. The highest BCUT2D eigenvalue weighted by Crippen LogP contribution is 2.15. The average Bonchev–Trinajstić information content (AvgIpc) is 2.39. The van der Waals surface area contributed by atoms with Gasteiger partial charge in [-0.1, -0.05) is 18.2 Å². The second kappa shape index (κ2) is 5.13. The molecule has 0 spiro atoms. The smallest absolute Gasteiger partial charge is 0.129 e. The van der Waals surface area contributed by atoms with E-state index in [4.69, 9.17) is 10.00 Å². The molecule has 0 heterocycles. The molecule has 2 aromatic rings. The second-order valence-corrected chi connectivity index (χ2v) is 3.52. The minimum atomic E-state index is -0.361. The van der Waals surface area contributed by atoms with E-state index in [-0.39, 0.29) is 12.4 Å². The van der Waals surface area contributed by atoms with Crippen LogP contribution >= 0.6 is 0 Å². The third-order valence-corrected chi connectivity index (χ3v) is 2.31. The molecule has 17 heavy (non-hydrogen) atoms. The summed E-state index contributed by atoms with van der Waals surface area (Å²) >= 11 is 0. The summed E-state index contributed by atoms with van der Waals surface area (Å²) in [7, 11) is 0. The summed E-state index contributed by atoms with van der Waals surface area (Å²) in [6.45, 7) is 0.116. The van der Waals surface area contributed by atoms with Crippen molar-refractivity contribution in [2.45, 2.75) is 6.61 Å². The molecule has 0 saturated heterocycles. The maximum Gasteiger partial charge on any atom is 0.129 e. The standard InChI is InChI=1S/C14H10FNO/c15-14-7-6-11(9-16)8-12(14)10-17-13-4-2-1-3-5-13/h1-8H,10H2. The zero-order valence-electron chi connectivity index (χ0n) is 9.06. The summed E-state index contributed by atoms with van der Waals surface area (Å²) in [5, 5.41) is 8.72. The molecule has 0 amide bonds. The predicted octanol–water partition coefficient (Wildman–Crippen LogP) is 3.28. The van der Waals surface area contributed by atoms with Gasteiger partial charge >= 0.3 is 0 Å². The van der Waals surface area contributed by atoms with Crippen LogP contribution in [0.1, 0.15) is 11.1 Å². The maximum atomic E-state index is 13.4. The highest BCUT2D eigenvalue weighted by atomic mass is 19.1. The first-order valence-corrected chi connectivity index (χ1v) is 5.16. The Labute approximate surface area is 98.9 Å². The molecule has 0 N–H and O–H groups in total. The number of hydrogen-bond acceptors (Lipinski definition) is 2. The lowest BCUT2D eigenvalue weighted by Gasteiger charge is -2.07.